The first-order valence-corrected chi connectivity index (χ1v) is 8.94. The molecule has 1 saturated heterocycles. The van der Waals surface area contributed by atoms with Gasteiger partial charge in [0.25, 0.3) is 0 Å². The van der Waals surface area contributed by atoms with E-state index >= 15 is 0 Å². The summed E-state index contributed by atoms with van der Waals surface area (Å²) in [6.07, 6.45) is 0. The molecule has 4 rings (SSSR count). The number of benzene rings is 1. The molecule has 0 aliphatic carbocycles. The van der Waals surface area contributed by atoms with Crippen LogP contribution < -0.4 is 20.6 Å². The maximum Gasteiger partial charge on any atom is 0.355 e. The van der Waals surface area contributed by atoms with Crippen molar-refractivity contribution in [3.63, 3.8) is 0 Å². The Hall–Kier alpha value is -2.53. The van der Waals surface area contributed by atoms with E-state index in [-0.39, 0.29) is 24.1 Å². The first kappa shape index (κ1) is 17.9. The van der Waals surface area contributed by atoms with Gasteiger partial charge in [-0.2, -0.15) is 10.2 Å². The molecule has 0 bridgehead atoms. The van der Waals surface area contributed by atoms with Gasteiger partial charge in [0.05, 0.1) is 11.6 Å². The number of nitrogens with zero attached hydrogens (tertiary/aromatic N) is 4. The molecule has 10 heteroatoms. The highest BCUT2D eigenvalue weighted by molar-refractivity contribution is 7.17. The maximum absolute atomic E-state index is 13.4. The number of hydrogen-bond donors (Lipinski definition) is 2. The largest absolute Gasteiger partial charge is 0.473 e. The second-order valence-electron chi connectivity index (χ2n) is 6.48. The molecule has 2 N–H and O–H groups in total. The molecule has 1 aromatic carbocycles. The molecule has 2 aliphatic heterocycles. The fourth-order valence-electron chi connectivity index (χ4n) is 3.48. The predicted molar refractivity (Wildman–Crippen MR) is 97.9 cm³/mol. The minimum Gasteiger partial charge on any atom is -0.473 e. The van der Waals surface area contributed by atoms with Gasteiger partial charge in [-0.1, -0.05) is 15.3 Å². The SMILES string of the molecule is N#Cc1cc(COc2cc3n(c(=O)n2)C(O)(P)C2CNCCN32)ccc1F. The van der Waals surface area contributed by atoms with Gasteiger partial charge >= 0.3 is 5.69 Å². The van der Waals surface area contributed by atoms with Crippen LogP contribution in [0.2, 0.25) is 0 Å². The molecule has 1 fully saturated rings. The first-order chi connectivity index (χ1) is 12.9. The van der Waals surface area contributed by atoms with E-state index in [0.717, 1.165) is 6.54 Å². The molecule has 0 amide bonds. The van der Waals surface area contributed by atoms with Gasteiger partial charge in [-0.25, -0.2) is 13.8 Å². The van der Waals surface area contributed by atoms with Crippen LogP contribution in [0.1, 0.15) is 11.1 Å². The highest BCUT2D eigenvalue weighted by atomic mass is 31.0. The number of rotatable bonds is 3. The monoisotopic (exact) mass is 389 g/mol. The van der Waals surface area contributed by atoms with Crippen molar-refractivity contribution in [2.75, 3.05) is 24.5 Å². The molecule has 1 aromatic heterocycles. The van der Waals surface area contributed by atoms with E-state index in [9.17, 15) is 14.3 Å². The Kier molecular flexibility index (Phi) is 4.35. The number of nitrogens with one attached hydrogen (secondary N) is 1. The Bertz CT molecular complexity index is 1000. The smallest absolute Gasteiger partial charge is 0.355 e. The first-order valence-electron chi connectivity index (χ1n) is 8.36. The third kappa shape index (κ3) is 2.96. The van der Waals surface area contributed by atoms with Gasteiger partial charge in [-0.05, 0) is 17.7 Å². The highest BCUT2D eigenvalue weighted by Gasteiger charge is 2.49. The number of aromatic nitrogens is 2. The summed E-state index contributed by atoms with van der Waals surface area (Å²) in [5, 5.41) is 22.9. The summed E-state index contributed by atoms with van der Waals surface area (Å²) in [6, 6.07) is 7.17. The normalized spacial score (nSPS) is 23.5. The average Bonchev–Trinajstić information content (AvgIpc) is 2.89. The zero-order chi connectivity index (χ0) is 19.2. The van der Waals surface area contributed by atoms with E-state index < -0.39 is 17.0 Å². The second-order valence-corrected chi connectivity index (χ2v) is 7.33. The maximum atomic E-state index is 13.4. The summed E-state index contributed by atoms with van der Waals surface area (Å²) in [7, 11) is 2.33. The fraction of sp³-hybridized carbons (Fsp3) is 0.353. The lowest BCUT2D eigenvalue weighted by atomic mass is 10.1. The van der Waals surface area contributed by atoms with Crippen molar-refractivity contribution in [1.82, 2.24) is 14.9 Å². The van der Waals surface area contributed by atoms with Crippen LogP contribution in [0.25, 0.3) is 0 Å². The molecular formula is C17H17FN5O3P. The van der Waals surface area contributed by atoms with Crippen LogP contribution in [0.15, 0.2) is 29.1 Å². The van der Waals surface area contributed by atoms with E-state index in [1.54, 1.807) is 12.1 Å². The van der Waals surface area contributed by atoms with Crippen LogP contribution >= 0.6 is 9.24 Å². The van der Waals surface area contributed by atoms with Gasteiger partial charge in [-0.15, -0.1) is 0 Å². The minimum absolute atomic E-state index is 0.0288. The zero-order valence-electron chi connectivity index (χ0n) is 14.2. The van der Waals surface area contributed by atoms with Gasteiger partial charge in [0.2, 0.25) is 5.88 Å². The fourth-order valence-corrected chi connectivity index (χ4v) is 4.02. The molecule has 3 atom stereocenters. The summed E-state index contributed by atoms with van der Waals surface area (Å²) in [5.74, 6) is 0.0412. The molecule has 0 radical (unpaired) electrons. The van der Waals surface area contributed by atoms with Crippen LogP contribution in [-0.4, -0.2) is 40.3 Å². The summed E-state index contributed by atoms with van der Waals surface area (Å²) >= 11 is 0. The van der Waals surface area contributed by atoms with E-state index in [1.165, 1.54) is 22.8 Å². The lowest BCUT2D eigenvalue weighted by Gasteiger charge is -2.35. The minimum atomic E-state index is -1.45. The standard InChI is InChI=1S/C17H17FN5O3P/c18-12-2-1-10(5-11(12)7-19)9-26-14-6-15-22-4-3-20-8-13(22)17(25,27)23(15)16(24)21-14/h1-2,5-6,13,20,25H,3-4,8-9,27H2. The summed E-state index contributed by atoms with van der Waals surface area (Å²) in [4.78, 5) is 18.4. The molecule has 0 spiro atoms. The second kappa shape index (κ2) is 6.57. The van der Waals surface area contributed by atoms with Crippen LogP contribution in [0.3, 0.4) is 0 Å². The van der Waals surface area contributed by atoms with E-state index in [1.807, 2.05) is 4.90 Å². The number of anilines is 1. The van der Waals surface area contributed by atoms with E-state index in [0.29, 0.717) is 24.5 Å². The molecule has 8 nitrogen and oxygen atoms in total. The summed E-state index contributed by atoms with van der Waals surface area (Å²) in [5.41, 5.74) is -1.57. The van der Waals surface area contributed by atoms with Crippen molar-refractivity contribution in [2.24, 2.45) is 0 Å². The highest BCUT2D eigenvalue weighted by Crippen LogP contribution is 2.41. The Morgan fingerprint density at radius 3 is 3.11 bits per heavy atom. The number of fused-ring (bicyclic) bond motifs is 3. The lowest BCUT2D eigenvalue weighted by molar-refractivity contribution is 0.0434. The van der Waals surface area contributed by atoms with Gasteiger partial charge in [0, 0.05) is 25.7 Å². The Balaban J connectivity index is 1.63. The summed E-state index contributed by atoms with van der Waals surface area (Å²) < 4.78 is 20.3. The van der Waals surface area contributed by atoms with E-state index in [4.69, 9.17) is 10.00 Å². The van der Waals surface area contributed by atoms with Crippen molar-refractivity contribution >= 4 is 15.1 Å². The number of piperazine rings is 1. The van der Waals surface area contributed by atoms with Crippen LogP contribution in [0.4, 0.5) is 10.2 Å². The van der Waals surface area contributed by atoms with Crippen LogP contribution in [0, 0.1) is 17.1 Å². The Morgan fingerprint density at radius 2 is 2.33 bits per heavy atom. The average molecular weight is 389 g/mol. The van der Waals surface area contributed by atoms with Gasteiger partial charge < -0.3 is 20.1 Å². The number of nitriles is 1. The van der Waals surface area contributed by atoms with Crippen molar-refractivity contribution < 1.29 is 14.2 Å². The van der Waals surface area contributed by atoms with Crippen LogP contribution in [0.5, 0.6) is 5.88 Å². The van der Waals surface area contributed by atoms with Gasteiger partial charge in [-0.3, -0.25) is 0 Å². The number of aliphatic hydroxyl groups is 1. The Morgan fingerprint density at radius 1 is 1.52 bits per heavy atom. The molecular weight excluding hydrogens is 372 g/mol. The van der Waals surface area contributed by atoms with Gasteiger partial charge in [0.15, 0.2) is 5.47 Å². The quantitative estimate of drug-likeness (QED) is 0.718. The van der Waals surface area contributed by atoms with Crippen molar-refractivity contribution in [2.45, 2.75) is 18.1 Å². The molecule has 2 aliphatic rings. The third-order valence-electron chi connectivity index (χ3n) is 4.80. The number of ether oxygens (including phenoxy) is 1. The van der Waals surface area contributed by atoms with Crippen molar-refractivity contribution in [1.29, 1.82) is 5.26 Å². The zero-order valence-corrected chi connectivity index (χ0v) is 15.4. The Labute approximate surface area is 156 Å². The third-order valence-corrected chi connectivity index (χ3v) is 5.45. The number of halogens is 1. The topological polar surface area (TPSA) is 103 Å². The van der Waals surface area contributed by atoms with Crippen molar-refractivity contribution in [3.05, 3.63) is 51.7 Å². The molecule has 3 unspecified atom stereocenters. The van der Waals surface area contributed by atoms with Gasteiger partial charge in [0.1, 0.15) is 24.3 Å². The van der Waals surface area contributed by atoms with Crippen LogP contribution in [-0.2, 0) is 12.1 Å². The lowest BCUT2D eigenvalue weighted by Crippen LogP contribution is -2.56. The molecule has 2 aromatic rings. The molecule has 27 heavy (non-hydrogen) atoms. The summed E-state index contributed by atoms with van der Waals surface area (Å²) in [6.45, 7) is 1.93. The van der Waals surface area contributed by atoms with E-state index in [2.05, 4.69) is 19.5 Å². The van der Waals surface area contributed by atoms with Crippen molar-refractivity contribution in [3.8, 4) is 11.9 Å². The molecule has 3 heterocycles. The number of hydrogen-bond acceptors (Lipinski definition) is 7. The molecule has 0 saturated carbocycles. The molecule has 140 valence electrons. The predicted octanol–water partition coefficient (Wildman–Crippen LogP) is 0.103.